The molecule has 104 valence electrons. The highest BCUT2D eigenvalue weighted by atomic mass is 16.5. The minimum absolute atomic E-state index is 0.171. The first kappa shape index (κ1) is 13.7. The molecule has 1 aromatic rings. The summed E-state index contributed by atoms with van der Waals surface area (Å²) in [7, 11) is 1.88. The summed E-state index contributed by atoms with van der Waals surface area (Å²) in [6.45, 7) is 4.81. The maximum Gasteiger partial charge on any atom is 0.241 e. The zero-order chi connectivity index (χ0) is 13.7. The van der Waals surface area contributed by atoms with E-state index in [4.69, 9.17) is 4.74 Å². The lowest BCUT2D eigenvalue weighted by molar-refractivity contribution is -0.128. The molecule has 1 heterocycles. The van der Waals surface area contributed by atoms with Crippen LogP contribution in [0.25, 0.3) is 0 Å². The molecule has 1 aliphatic rings. The molecule has 4 heteroatoms. The molecule has 4 nitrogen and oxygen atoms in total. The minimum atomic E-state index is 0.171. The van der Waals surface area contributed by atoms with E-state index < -0.39 is 0 Å². The summed E-state index contributed by atoms with van der Waals surface area (Å²) in [5, 5.41) is 0. The predicted molar refractivity (Wildman–Crippen MR) is 76.7 cm³/mol. The van der Waals surface area contributed by atoms with Crippen molar-refractivity contribution in [2.75, 3.05) is 38.2 Å². The summed E-state index contributed by atoms with van der Waals surface area (Å²) in [4.78, 5) is 16.1. The Labute approximate surface area is 115 Å². The van der Waals surface area contributed by atoms with Gasteiger partial charge in [-0.05, 0) is 18.6 Å². The first-order valence-corrected chi connectivity index (χ1v) is 6.93. The fourth-order valence-corrected chi connectivity index (χ4v) is 2.19. The lowest BCUT2D eigenvalue weighted by Gasteiger charge is -2.31. The second-order valence-corrected chi connectivity index (χ2v) is 4.91. The molecule has 2 rings (SSSR count). The van der Waals surface area contributed by atoms with Crippen LogP contribution in [0.3, 0.4) is 0 Å². The maximum absolute atomic E-state index is 12.2. The van der Waals surface area contributed by atoms with Crippen molar-refractivity contribution in [2.45, 2.75) is 19.8 Å². The normalized spacial score (nSPS) is 13.7. The Morgan fingerprint density at radius 3 is 3.00 bits per heavy atom. The molecule has 0 aliphatic carbocycles. The molecule has 0 unspecified atom stereocenters. The van der Waals surface area contributed by atoms with Gasteiger partial charge in [-0.15, -0.1) is 0 Å². The van der Waals surface area contributed by atoms with Gasteiger partial charge in [0.15, 0.2) is 0 Å². The van der Waals surface area contributed by atoms with E-state index in [9.17, 15) is 4.79 Å². The van der Waals surface area contributed by atoms with Crippen LogP contribution in [0.15, 0.2) is 24.3 Å². The number of likely N-dealkylation sites (N-methyl/N-ethyl adjacent to an activating group) is 1. The highest BCUT2D eigenvalue weighted by molar-refractivity contribution is 5.82. The topological polar surface area (TPSA) is 32.8 Å². The second-order valence-electron chi connectivity index (χ2n) is 4.91. The van der Waals surface area contributed by atoms with Gasteiger partial charge in [0, 0.05) is 13.6 Å². The van der Waals surface area contributed by atoms with Crippen molar-refractivity contribution in [3.05, 3.63) is 24.3 Å². The fraction of sp³-hybridized carbons (Fsp3) is 0.533. The van der Waals surface area contributed by atoms with Crippen LogP contribution >= 0.6 is 0 Å². The second kappa shape index (κ2) is 6.45. The molecule has 0 atom stereocenters. The average Bonchev–Trinajstić information content (AvgIpc) is 2.45. The Morgan fingerprint density at radius 2 is 2.21 bits per heavy atom. The number of anilines is 1. The van der Waals surface area contributed by atoms with Gasteiger partial charge in [-0.3, -0.25) is 4.79 Å². The average molecular weight is 262 g/mol. The number of unbranched alkanes of at least 4 members (excludes halogenated alkanes) is 1. The molecule has 0 bridgehead atoms. The quantitative estimate of drug-likeness (QED) is 0.815. The van der Waals surface area contributed by atoms with Crippen LogP contribution in [0.5, 0.6) is 5.75 Å². The van der Waals surface area contributed by atoms with Gasteiger partial charge in [-0.1, -0.05) is 25.5 Å². The molecule has 0 saturated heterocycles. The third-order valence-corrected chi connectivity index (χ3v) is 3.42. The van der Waals surface area contributed by atoms with Crippen molar-refractivity contribution in [2.24, 2.45) is 0 Å². The number of carbonyl (C=O) groups is 1. The van der Waals surface area contributed by atoms with Gasteiger partial charge >= 0.3 is 0 Å². The largest absolute Gasteiger partial charge is 0.490 e. The Morgan fingerprint density at radius 1 is 1.42 bits per heavy atom. The van der Waals surface area contributed by atoms with Crippen LogP contribution in [0.4, 0.5) is 5.69 Å². The summed E-state index contributed by atoms with van der Waals surface area (Å²) >= 11 is 0. The molecule has 0 spiro atoms. The molecule has 1 amide bonds. The van der Waals surface area contributed by atoms with E-state index >= 15 is 0 Å². The molecule has 1 aliphatic heterocycles. The van der Waals surface area contributed by atoms with Gasteiger partial charge in [0.05, 0.1) is 18.8 Å². The summed E-state index contributed by atoms with van der Waals surface area (Å²) in [6.07, 6.45) is 2.17. The van der Waals surface area contributed by atoms with Gasteiger partial charge in [0.1, 0.15) is 12.4 Å². The molecule has 0 radical (unpaired) electrons. The van der Waals surface area contributed by atoms with Gasteiger partial charge in [-0.25, -0.2) is 0 Å². The number of fused-ring (bicyclic) bond motifs is 1. The van der Waals surface area contributed by atoms with Crippen LogP contribution < -0.4 is 9.64 Å². The third-order valence-electron chi connectivity index (χ3n) is 3.42. The Kier molecular flexibility index (Phi) is 4.66. The number of ether oxygens (including phenoxy) is 1. The van der Waals surface area contributed by atoms with Crippen LogP contribution in [0.2, 0.25) is 0 Å². The van der Waals surface area contributed by atoms with Crippen molar-refractivity contribution in [3.8, 4) is 5.75 Å². The highest BCUT2D eigenvalue weighted by Crippen LogP contribution is 2.30. The summed E-state index contributed by atoms with van der Waals surface area (Å²) in [6, 6.07) is 7.89. The maximum atomic E-state index is 12.2. The van der Waals surface area contributed by atoms with Crippen molar-refractivity contribution in [1.29, 1.82) is 0 Å². The van der Waals surface area contributed by atoms with Crippen LogP contribution in [0.1, 0.15) is 19.8 Å². The van der Waals surface area contributed by atoms with Crippen LogP contribution in [-0.4, -0.2) is 44.1 Å². The van der Waals surface area contributed by atoms with Gasteiger partial charge in [0.2, 0.25) is 5.91 Å². The smallest absolute Gasteiger partial charge is 0.241 e. The number of carbonyl (C=O) groups excluding carboxylic acids is 1. The molecular formula is C15H22N2O2. The zero-order valence-corrected chi connectivity index (χ0v) is 11.8. The van der Waals surface area contributed by atoms with Gasteiger partial charge in [-0.2, -0.15) is 0 Å². The molecule has 19 heavy (non-hydrogen) atoms. The van der Waals surface area contributed by atoms with Crippen molar-refractivity contribution >= 4 is 11.6 Å². The summed E-state index contributed by atoms with van der Waals surface area (Å²) < 4.78 is 5.59. The first-order valence-electron chi connectivity index (χ1n) is 6.93. The lowest BCUT2D eigenvalue weighted by atomic mass is 10.2. The molecule has 1 aromatic carbocycles. The van der Waals surface area contributed by atoms with E-state index in [1.165, 1.54) is 0 Å². The van der Waals surface area contributed by atoms with E-state index in [-0.39, 0.29) is 5.91 Å². The van der Waals surface area contributed by atoms with E-state index in [0.717, 1.165) is 37.4 Å². The van der Waals surface area contributed by atoms with E-state index in [2.05, 4.69) is 11.8 Å². The number of hydrogen-bond donors (Lipinski definition) is 0. The highest BCUT2D eigenvalue weighted by Gasteiger charge is 2.20. The van der Waals surface area contributed by atoms with E-state index in [1.807, 2.05) is 36.2 Å². The third kappa shape index (κ3) is 3.40. The van der Waals surface area contributed by atoms with Crippen molar-refractivity contribution < 1.29 is 9.53 Å². The summed E-state index contributed by atoms with van der Waals surface area (Å²) in [5.41, 5.74) is 1.02. The molecule has 0 N–H and O–H groups in total. The Bertz CT molecular complexity index is 434. The lowest BCUT2D eigenvalue weighted by Crippen LogP contribution is -2.42. The minimum Gasteiger partial charge on any atom is -0.490 e. The van der Waals surface area contributed by atoms with Crippen LogP contribution in [0, 0.1) is 0 Å². The Hall–Kier alpha value is -1.71. The van der Waals surface area contributed by atoms with Crippen LogP contribution in [-0.2, 0) is 4.79 Å². The zero-order valence-electron chi connectivity index (χ0n) is 11.8. The van der Waals surface area contributed by atoms with Gasteiger partial charge < -0.3 is 14.5 Å². The number of para-hydroxylation sites is 2. The number of benzene rings is 1. The fourth-order valence-electron chi connectivity index (χ4n) is 2.19. The molecule has 0 aromatic heterocycles. The number of nitrogens with zero attached hydrogens (tertiary/aromatic N) is 2. The summed E-state index contributed by atoms with van der Waals surface area (Å²) in [5.74, 6) is 1.04. The van der Waals surface area contributed by atoms with Gasteiger partial charge in [0.25, 0.3) is 0 Å². The standard InChI is InChI=1S/C15H22N2O2/c1-3-4-9-16(2)15(18)12-17-10-11-19-14-8-6-5-7-13(14)17/h5-8H,3-4,9-12H2,1-2H3. The number of amides is 1. The monoisotopic (exact) mass is 262 g/mol. The van der Waals surface area contributed by atoms with Crippen molar-refractivity contribution in [3.63, 3.8) is 0 Å². The Balaban J connectivity index is 1.98. The van der Waals surface area contributed by atoms with E-state index in [1.54, 1.807) is 0 Å². The number of hydrogen-bond acceptors (Lipinski definition) is 3. The molecule has 0 saturated carbocycles. The van der Waals surface area contributed by atoms with E-state index in [0.29, 0.717) is 13.2 Å². The first-order chi connectivity index (χ1) is 9.22. The SMILES string of the molecule is CCCCN(C)C(=O)CN1CCOc2ccccc21. The molecule has 0 fully saturated rings. The number of rotatable bonds is 5. The predicted octanol–water partition coefficient (Wildman–Crippen LogP) is 2.14. The molecular weight excluding hydrogens is 240 g/mol. The van der Waals surface area contributed by atoms with Crippen molar-refractivity contribution in [1.82, 2.24) is 4.90 Å².